The van der Waals surface area contributed by atoms with Gasteiger partial charge in [-0.25, -0.2) is 9.97 Å². The zero-order valence-corrected chi connectivity index (χ0v) is 11.6. The van der Waals surface area contributed by atoms with Crippen molar-refractivity contribution in [2.75, 3.05) is 13.1 Å². The Bertz CT molecular complexity index is 779. The SMILES string of the molecule is Cc1ncc(C(=O)N2CC(c3nc4ccccc4[nH]3)C2)[nH]1. The number of para-hydroxylation sites is 2. The van der Waals surface area contributed by atoms with Gasteiger partial charge in [0.05, 0.1) is 23.1 Å². The van der Waals surface area contributed by atoms with Gasteiger partial charge >= 0.3 is 0 Å². The summed E-state index contributed by atoms with van der Waals surface area (Å²) in [5.41, 5.74) is 2.57. The van der Waals surface area contributed by atoms with Crippen LogP contribution in [0.5, 0.6) is 0 Å². The molecule has 0 unspecified atom stereocenters. The molecule has 0 atom stereocenters. The van der Waals surface area contributed by atoms with E-state index >= 15 is 0 Å². The Balaban J connectivity index is 1.48. The summed E-state index contributed by atoms with van der Waals surface area (Å²) in [6, 6.07) is 7.97. The summed E-state index contributed by atoms with van der Waals surface area (Å²) in [6.45, 7) is 3.22. The number of hydrogen-bond acceptors (Lipinski definition) is 3. The van der Waals surface area contributed by atoms with Crippen molar-refractivity contribution in [2.24, 2.45) is 0 Å². The average Bonchev–Trinajstić information content (AvgIpc) is 3.02. The van der Waals surface area contributed by atoms with Crippen LogP contribution < -0.4 is 0 Å². The molecule has 1 amide bonds. The van der Waals surface area contributed by atoms with Gasteiger partial charge in [0.1, 0.15) is 17.3 Å². The Kier molecular flexibility index (Phi) is 2.57. The zero-order valence-electron chi connectivity index (χ0n) is 11.6. The number of H-pyrrole nitrogens is 2. The smallest absolute Gasteiger partial charge is 0.271 e. The highest BCUT2D eigenvalue weighted by Crippen LogP contribution is 2.27. The first-order valence-electron chi connectivity index (χ1n) is 6.96. The van der Waals surface area contributed by atoms with Gasteiger partial charge in [0.25, 0.3) is 5.91 Å². The number of nitrogens with one attached hydrogen (secondary N) is 2. The van der Waals surface area contributed by atoms with Crippen LogP contribution in [0.1, 0.15) is 28.1 Å². The van der Waals surface area contributed by atoms with Crippen molar-refractivity contribution in [2.45, 2.75) is 12.8 Å². The number of carbonyl (C=O) groups excluding carboxylic acids is 1. The third-order valence-corrected chi connectivity index (χ3v) is 3.90. The molecule has 6 heteroatoms. The third kappa shape index (κ3) is 1.99. The number of imidazole rings is 2. The molecule has 3 aromatic rings. The van der Waals surface area contributed by atoms with Crippen molar-refractivity contribution in [3.8, 4) is 0 Å². The second-order valence-electron chi connectivity index (χ2n) is 5.43. The number of fused-ring (bicyclic) bond motifs is 1. The van der Waals surface area contributed by atoms with E-state index in [4.69, 9.17) is 0 Å². The number of carbonyl (C=O) groups is 1. The van der Waals surface area contributed by atoms with E-state index in [9.17, 15) is 4.79 Å². The van der Waals surface area contributed by atoms with E-state index in [0.29, 0.717) is 18.8 Å². The minimum atomic E-state index is 0.00274. The number of rotatable bonds is 2. The van der Waals surface area contributed by atoms with E-state index < -0.39 is 0 Å². The number of aromatic amines is 2. The molecule has 0 bridgehead atoms. The van der Waals surface area contributed by atoms with Crippen molar-refractivity contribution >= 4 is 16.9 Å². The predicted molar refractivity (Wildman–Crippen MR) is 78.1 cm³/mol. The van der Waals surface area contributed by atoms with Crippen LogP contribution in [0.25, 0.3) is 11.0 Å². The Morgan fingerprint density at radius 1 is 1.29 bits per heavy atom. The van der Waals surface area contributed by atoms with Gasteiger partial charge in [-0.15, -0.1) is 0 Å². The Morgan fingerprint density at radius 3 is 2.81 bits per heavy atom. The van der Waals surface area contributed by atoms with E-state index in [-0.39, 0.29) is 11.8 Å². The van der Waals surface area contributed by atoms with Crippen molar-refractivity contribution in [1.82, 2.24) is 24.8 Å². The highest BCUT2D eigenvalue weighted by atomic mass is 16.2. The molecule has 21 heavy (non-hydrogen) atoms. The van der Waals surface area contributed by atoms with Crippen LogP contribution in [0.2, 0.25) is 0 Å². The van der Waals surface area contributed by atoms with Gasteiger partial charge < -0.3 is 14.9 Å². The summed E-state index contributed by atoms with van der Waals surface area (Å²) in [5, 5.41) is 0. The first-order valence-corrected chi connectivity index (χ1v) is 6.96. The minimum Gasteiger partial charge on any atom is -0.342 e. The van der Waals surface area contributed by atoms with Gasteiger partial charge in [-0.2, -0.15) is 0 Å². The van der Waals surface area contributed by atoms with Crippen molar-refractivity contribution in [3.63, 3.8) is 0 Å². The van der Waals surface area contributed by atoms with E-state index in [1.54, 1.807) is 6.20 Å². The molecule has 1 aliphatic heterocycles. The lowest BCUT2D eigenvalue weighted by Gasteiger charge is -2.37. The van der Waals surface area contributed by atoms with E-state index in [1.807, 2.05) is 36.1 Å². The molecule has 1 aromatic carbocycles. The summed E-state index contributed by atoms with van der Waals surface area (Å²) in [6.07, 6.45) is 1.59. The number of benzene rings is 1. The molecule has 0 radical (unpaired) electrons. The Labute approximate surface area is 121 Å². The Morgan fingerprint density at radius 2 is 2.10 bits per heavy atom. The van der Waals surface area contributed by atoms with Crippen LogP contribution >= 0.6 is 0 Å². The standard InChI is InChI=1S/C15H15N5O/c1-9-16-6-13(17-9)15(21)20-7-10(8-20)14-18-11-4-2-3-5-12(11)19-14/h2-6,10H,7-8H2,1H3,(H,16,17)(H,18,19). The second kappa shape index (κ2) is 4.44. The maximum atomic E-state index is 12.2. The third-order valence-electron chi connectivity index (χ3n) is 3.90. The number of amides is 1. The number of aromatic nitrogens is 4. The summed E-state index contributed by atoms with van der Waals surface area (Å²) in [4.78, 5) is 29.0. The molecule has 1 aliphatic rings. The van der Waals surface area contributed by atoms with Crippen LogP contribution in [-0.2, 0) is 0 Å². The van der Waals surface area contributed by atoms with Crippen molar-refractivity contribution in [3.05, 3.63) is 47.8 Å². The number of hydrogen-bond donors (Lipinski definition) is 2. The van der Waals surface area contributed by atoms with Gasteiger partial charge in [-0.1, -0.05) is 12.1 Å². The van der Waals surface area contributed by atoms with Crippen LogP contribution in [0, 0.1) is 6.92 Å². The molecule has 106 valence electrons. The molecule has 1 fully saturated rings. The van der Waals surface area contributed by atoms with E-state index in [1.165, 1.54) is 0 Å². The summed E-state index contributed by atoms with van der Waals surface area (Å²) >= 11 is 0. The number of nitrogens with zero attached hydrogens (tertiary/aromatic N) is 3. The summed E-state index contributed by atoms with van der Waals surface area (Å²) < 4.78 is 0. The minimum absolute atomic E-state index is 0.00274. The highest BCUT2D eigenvalue weighted by Gasteiger charge is 2.34. The average molecular weight is 281 g/mol. The molecule has 2 aromatic heterocycles. The molecular weight excluding hydrogens is 266 g/mol. The molecule has 0 aliphatic carbocycles. The highest BCUT2D eigenvalue weighted by molar-refractivity contribution is 5.92. The molecule has 4 rings (SSSR count). The van der Waals surface area contributed by atoms with Gasteiger partial charge in [0.2, 0.25) is 0 Å². The summed E-state index contributed by atoms with van der Waals surface area (Å²) in [7, 11) is 0. The predicted octanol–water partition coefficient (Wildman–Crippen LogP) is 1.83. The second-order valence-corrected chi connectivity index (χ2v) is 5.43. The lowest BCUT2D eigenvalue weighted by molar-refractivity contribution is 0.0590. The monoisotopic (exact) mass is 281 g/mol. The van der Waals surface area contributed by atoms with Crippen molar-refractivity contribution in [1.29, 1.82) is 0 Å². The summed E-state index contributed by atoms with van der Waals surface area (Å²) in [5.74, 6) is 2.00. The van der Waals surface area contributed by atoms with E-state index in [0.717, 1.165) is 22.7 Å². The van der Waals surface area contributed by atoms with Gasteiger partial charge in [0.15, 0.2) is 0 Å². The fourth-order valence-corrected chi connectivity index (χ4v) is 2.68. The Hall–Kier alpha value is -2.63. The number of likely N-dealkylation sites (tertiary alicyclic amines) is 1. The van der Waals surface area contributed by atoms with Gasteiger partial charge in [-0.3, -0.25) is 4.79 Å². The zero-order chi connectivity index (χ0) is 14.4. The van der Waals surface area contributed by atoms with E-state index in [2.05, 4.69) is 19.9 Å². The lowest BCUT2D eigenvalue weighted by Crippen LogP contribution is -2.48. The molecule has 0 saturated carbocycles. The van der Waals surface area contributed by atoms with Crippen LogP contribution in [0.4, 0.5) is 0 Å². The van der Waals surface area contributed by atoms with Crippen LogP contribution in [-0.4, -0.2) is 43.8 Å². The van der Waals surface area contributed by atoms with Crippen molar-refractivity contribution < 1.29 is 4.79 Å². The molecule has 6 nitrogen and oxygen atoms in total. The van der Waals surface area contributed by atoms with Crippen LogP contribution in [0.15, 0.2) is 30.5 Å². The quantitative estimate of drug-likeness (QED) is 0.752. The number of aryl methyl sites for hydroxylation is 1. The fourth-order valence-electron chi connectivity index (χ4n) is 2.68. The first kappa shape index (κ1) is 12.1. The molecular formula is C15H15N5O. The molecule has 0 spiro atoms. The molecule has 2 N–H and O–H groups in total. The van der Waals surface area contributed by atoms with Crippen LogP contribution in [0.3, 0.4) is 0 Å². The normalized spacial score (nSPS) is 15.4. The lowest BCUT2D eigenvalue weighted by atomic mass is 9.99. The molecule has 1 saturated heterocycles. The first-order chi connectivity index (χ1) is 10.2. The van der Waals surface area contributed by atoms with Gasteiger partial charge in [-0.05, 0) is 19.1 Å². The van der Waals surface area contributed by atoms with Gasteiger partial charge in [0, 0.05) is 13.1 Å². The molecule has 3 heterocycles. The fraction of sp³-hybridized carbons (Fsp3) is 0.267. The largest absolute Gasteiger partial charge is 0.342 e. The maximum Gasteiger partial charge on any atom is 0.271 e. The maximum absolute atomic E-state index is 12.2. The topological polar surface area (TPSA) is 77.7 Å².